The van der Waals surface area contributed by atoms with Crippen LogP contribution < -0.4 is 0 Å². The van der Waals surface area contributed by atoms with Crippen molar-refractivity contribution in [3.8, 4) is 0 Å². The van der Waals surface area contributed by atoms with Crippen LogP contribution in [0.4, 0.5) is 0 Å². The van der Waals surface area contributed by atoms with Crippen LogP contribution in [0.25, 0.3) is 0 Å². The standard InChI is InChI=1S/Fe.Mo.4P. The summed E-state index contributed by atoms with van der Waals surface area (Å²) in [6.07, 6.45) is 0. The fraction of sp³-hybridized carbons (Fsp3) is 0. The monoisotopic (exact) mass is 278 g/mol. The van der Waals surface area contributed by atoms with Gasteiger partial charge in [0.25, 0.3) is 0 Å². The van der Waals surface area contributed by atoms with Crippen molar-refractivity contribution in [2.75, 3.05) is 0 Å². The van der Waals surface area contributed by atoms with Gasteiger partial charge in [-0.1, -0.05) is 0 Å². The minimum absolute atomic E-state index is 0.667. The molecule has 0 fully saturated rings. The molecule has 0 bridgehead atoms. The van der Waals surface area contributed by atoms with Gasteiger partial charge in [-0.15, -0.1) is 0 Å². The first-order valence-corrected chi connectivity index (χ1v) is 9.11. The maximum absolute atomic E-state index is 3.78. The molecule has 0 atom stereocenters. The summed E-state index contributed by atoms with van der Waals surface area (Å²) in [5, 5.41) is 0. The van der Waals surface area contributed by atoms with E-state index in [1.54, 1.807) is 18.6 Å². The van der Waals surface area contributed by atoms with E-state index in [4.69, 9.17) is 0 Å². The van der Waals surface area contributed by atoms with Crippen molar-refractivity contribution in [3.05, 3.63) is 0 Å². The molecule has 0 amide bonds. The van der Waals surface area contributed by atoms with E-state index in [9.17, 15) is 0 Å². The molecule has 0 aromatic carbocycles. The molecule has 0 saturated carbocycles. The molecule has 0 nitrogen and oxygen atoms in total. The van der Waals surface area contributed by atoms with Gasteiger partial charge in [0, 0.05) is 0 Å². The van der Waals surface area contributed by atoms with Crippen LogP contribution in [0, 0.1) is 0 Å². The first-order valence-electron chi connectivity index (χ1n) is 0.657. The average molecular weight is 276 g/mol. The van der Waals surface area contributed by atoms with Gasteiger partial charge in [-0.2, -0.15) is 0 Å². The Balaban J connectivity index is 0. The van der Waals surface area contributed by atoms with E-state index >= 15 is 0 Å². The molecule has 6 heteroatoms. The summed E-state index contributed by atoms with van der Waals surface area (Å²) in [4.78, 5) is 0. The normalized spacial score (nSPS) is 3.83. The predicted octanol–water partition coefficient (Wildman–Crippen LogP) is 3.44. The molecule has 0 spiro atoms. The van der Waals surface area contributed by atoms with Crippen LogP contribution in [0.1, 0.15) is 0 Å². The van der Waals surface area contributed by atoms with E-state index in [0.717, 1.165) is 0 Å². The Morgan fingerprint density at radius 2 is 1.00 bits per heavy atom. The Hall–Kier alpha value is 2.93. The van der Waals surface area contributed by atoms with E-state index in [0.29, 0.717) is 0 Å². The molecule has 0 saturated heterocycles. The quantitative estimate of drug-likeness (QED) is 0.469. The van der Waals surface area contributed by atoms with Crippen LogP contribution >= 0.6 is 28.5 Å². The van der Waals surface area contributed by atoms with E-state index in [1.165, 1.54) is 0 Å². The van der Waals surface area contributed by atoms with Crippen LogP contribution in [0.3, 0.4) is 0 Å². The molecule has 0 aliphatic carbocycles. The second kappa shape index (κ2) is 10.8. The van der Waals surface area contributed by atoms with Crippen LogP contribution in [-0.4, -0.2) is 0 Å². The molecule has 0 aliphatic heterocycles. The Morgan fingerprint density at radius 3 is 1.00 bits per heavy atom. The van der Waals surface area contributed by atoms with Crippen molar-refractivity contribution in [3.63, 3.8) is 0 Å². The van der Waals surface area contributed by atoms with Gasteiger partial charge in [0.1, 0.15) is 0 Å². The van der Waals surface area contributed by atoms with Crippen molar-refractivity contribution in [1.29, 1.82) is 0 Å². The first-order chi connectivity index (χ1) is 2.73. The second-order valence-electron chi connectivity index (χ2n) is 0.212. The van der Waals surface area contributed by atoms with E-state index < -0.39 is 10.5 Å². The average Bonchev–Trinajstić information content (AvgIpc) is 1.41. The van der Waals surface area contributed by atoms with E-state index in [2.05, 4.69) is 28.5 Å². The van der Waals surface area contributed by atoms with Gasteiger partial charge >= 0.3 is 57.6 Å². The maximum atomic E-state index is 3.78. The fourth-order valence-corrected chi connectivity index (χ4v) is 0. The summed E-state index contributed by atoms with van der Waals surface area (Å²) in [6.45, 7) is 3.54. The molecule has 0 heterocycles. The molecule has 0 unspecified atom stereocenters. The van der Waals surface area contributed by atoms with E-state index in [-0.39, 0.29) is 0 Å². The van der Waals surface area contributed by atoms with Crippen molar-refractivity contribution in [2.45, 2.75) is 0 Å². The molecule has 0 aromatic heterocycles. The van der Waals surface area contributed by atoms with Gasteiger partial charge in [0.15, 0.2) is 0 Å². The summed E-state index contributed by atoms with van der Waals surface area (Å²) >= 11 is 1.64. The Morgan fingerprint density at radius 1 is 1.00 bits per heavy atom. The molecule has 0 aromatic rings. The number of hydrogen-bond donors (Lipinski definition) is 0. The zero-order valence-corrected chi connectivity index (χ0v) is 9.24. The topological polar surface area (TPSA) is 0 Å². The van der Waals surface area contributed by atoms with Crippen LogP contribution in [0.5, 0.6) is 0 Å². The van der Waals surface area contributed by atoms with Gasteiger partial charge in [0.05, 0.1) is 0 Å². The summed E-state index contributed by atoms with van der Waals surface area (Å²) in [7, 11) is 10.7. The van der Waals surface area contributed by atoms with Crippen molar-refractivity contribution < 1.29 is 29.1 Å². The van der Waals surface area contributed by atoms with Gasteiger partial charge in [0.2, 0.25) is 0 Å². The number of hydrogen-bond acceptors (Lipinski definition) is 0. The summed E-state index contributed by atoms with van der Waals surface area (Å²) in [5.74, 6) is 0. The Labute approximate surface area is 57.2 Å². The van der Waals surface area contributed by atoms with Gasteiger partial charge in [-0.3, -0.25) is 0 Å². The SMILES string of the molecule is [P]#[Fe](#[P])#[P].[P]#[Mo]. The molecular formula is FeMoP4. The molecule has 34 valence electrons. The summed E-state index contributed by atoms with van der Waals surface area (Å²) in [6, 6.07) is 0. The summed E-state index contributed by atoms with van der Waals surface area (Å²) < 4.78 is 0. The van der Waals surface area contributed by atoms with Crippen molar-refractivity contribution in [1.82, 2.24) is 0 Å². The molecule has 0 N–H and O–H groups in total. The molecular weight excluding hydrogens is 276 g/mol. The third-order valence-corrected chi connectivity index (χ3v) is 0. The van der Waals surface area contributed by atoms with Crippen LogP contribution in [-0.2, 0) is 29.1 Å². The van der Waals surface area contributed by atoms with Gasteiger partial charge in [-0.05, 0) is 0 Å². The van der Waals surface area contributed by atoms with E-state index in [1.807, 2.05) is 0 Å². The Bertz CT molecular complexity index is 258. The minimum atomic E-state index is -0.667. The third-order valence-electron chi connectivity index (χ3n) is 0. The first kappa shape index (κ1) is 11.7. The predicted molar refractivity (Wildman–Crippen MR) is 27.7 cm³/mol. The molecule has 0 rings (SSSR count). The molecule has 0 aliphatic rings. The zero-order chi connectivity index (χ0) is 5.58. The summed E-state index contributed by atoms with van der Waals surface area (Å²) in [5.41, 5.74) is 0. The van der Waals surface area contributed by atoms with Gasteiger partial charge in [-0.25, -0.2) is 0 Å². The molecule has 0 radical (unpaired) electrons. The van der Waals surface area contributed by atoms with Crippen LogP contribution in [0.15, 0.2) is 0 Å². The Kier molecular flexibility index (Phi) is 21.1. The third kappa shape index (κ3) is 28.4. The van der Waals surface area contributed by atoms with Crippen molar-refractivity contribution in [2.24, 2.45) is 0 Å². The van der Waals surface area contributed by atoms with Gasteiger partial charge < -0.3 is 0 Å². The zero-order valence-electron chi connectivity index (χ0n) is 2.55. The fourth-order valence-electron chi connectivity index (χ4n) is 0. The molecule has 6 heavy (non-hydrogen) atoms. The van der Waals surface area contributed by atoms with Crippen LogP contribution in [0.2, 0.25) is 0 Å². The second-order valence-corrected chi connectivity index (χ2v) is 7.87. The van der Waals surface area contributed by atoms with Crippen molar-refractivity contribution >= 4 is 28.5 Å². The number of rotatable bonds is 0.